The van der Waals surface area contributed by atoms with E-state index in [1.165, 1.54) is 4.90 Å². The summed E-state index contributed by atoms with van der Waals surface area (Å²) in [6, 6.07) is 8.69. The van der Waals surface area contributed by atoms with Crippen LogP contribution in [-0.2, 0) is 9.59 Å². The van der Waals surface area contributed by atoms with Crippen LogP contribution in [0.2, 0.25) is 0 Å². The lowest BCUT2D eigenvalue weighted by Gasteiger charge is -2.14. The summed E-state index contributed by atoms with van der Waals surface area (Å²) in [5.41, 5.74) is 5.80. The molecule has 1 aromatic carbocycles. The number of hydrogen-bond acceptors (Lipinski definition) is 3. The Bertz CT molecular complexity index is 489. The molecule has 1 aliphatic rings. The van der Waals surface area contributed by atoms with Gasteiger partial charge in [0, 0.05) is 6.42 Å². The zero-order valence-electron chi connectivity index (χ0n) is 9.63. The van der Waals surface area contributed by atoms with Crippen LogP contribution >= 0.6 is 12.2 Å². The van der Waals surface area contributed by atoms with Crippen molar-refractivity contribution in [1.82, 2.24) is 5.32 Å². The molecule has 1 saturated heterocycles. The minimum Gasteiger partial charge on any atom is -0.370 e. The molecule has 5 nitrogen and oxygen atoms in total. The van der Waals surface area contributed by atoms with Crippen LogP contribution in [-0.4, -0.2) is 23.0 Å². The number of para-hydroxylation sites is 1. The summed E-state index contributed by atoms with van der Waals surface area (Å²) in [5, 5.41) is 3.27. The van der Waals surface area contributed by atoms with Crippen LogP contribution in [0.5, 0.6) is 0 Å². The smallest absolute Gasteiger partial charge is 0.255 e. The molecule has 1 aromatic rings. The van der Waals surface area contributed by atoms with Gasteiger partial charge >= 0.3 is 0 Å². The Morgan fingerprint density at radius 1 is 1.39 bits per heavy atom. The highest BCUT2D eigenvalue weighted by atomic mass is 32.1. The van der Waals surface area contributed by atoms with Crippen LogP contribution < -0.4 is 16.0 Å². The molecule has 1 fully saturated rings. The summed E-state index contributed by atoms with van der Waals surface area (Å²) >= 11 is 5.13. The Labute approximate surface area is 110 Å². The molecule has 18 heavy (non-hydrogen) atoms. The average Bonchev–Trinajstić information content (AvgIpc) is 2.63. The van der Waals surface area contributed by atoms with E-state index in [4.69, 9.17) is 18.0 Å². The van der Waals surface area contributed by atoms with Gasteiger partial charge in [-0.1, -0.05) is 18.2 Å². The number of primary amides is 1. The minimum atomic E-state index is -0.467. The van der Waals surface area contributed by atoms with Crippen molar-refractivity contribution in [2.45, 2.75) is 18.9 Å². The number of nitrogens with two attached hydrogens (primary N) is 1. The zero-order valence-corrected chi connectivity index (χ0v) is 10.4. The van der Waals surface area contributed by atoms with Gasteiger partial charge in [0.25, 0.3) is 5.91 Å². The first-order chi connectivity index (χ1) is 8.59. The Morgan fingerprint density at radius 2 is 2.06 bits per heavy atom. The third-order valence-corrected chi connectivity index (χ3v) is 3.01. The van der Waals surface area contributed by atoms with Crippen molar-refractivity contribution in [2.75, 3.05) is 4.90 Å². The Balaban J connectivity index is 2.12. The van der Waals surface area contributed by atoms with E-state index < -0.39 is 11.9 Å². The largest absolute Gasteiger partial charge is 0.370 e. The van der Waals surface area contributed by atoms with Crippen LogP contribution in [0, 0.1) is 0 Å². The number of hydrogen-bond donors (Lipinski definition) is 2. The number of carbonyl (C=O) groups is 2. The number of amides is 2. The van der Waals surface area contributed by atoms with Crippen LogP contribution in [0.1, 0.15) is 12.8 Å². The fraction of sp³-hybridized carbons (Fsp3) is 0.250. The molecule has 6 heteroatoms. The van der Waals surface area contributed by atoms with Gasteiger partial charge in [0.15, 0.2) is 5.11 Å². The van der Waals surface area contributed by atoms with Crippen molar-refractivity contribution < 1.29 is 9.59 Å². The molecule has 0 unspecified atom stereocenters. The predicted octanol–water partition coefficient (Wildman–Crippen LogP) is 0.542. The van der Waals surface area contributed by atoms with Crippen LogP contribution in [0.3, 0.4) is 0 Å². The van der Waals surface area contributed by atoms with Gasteiger partial charge in [0.1, 0.15) is 6.04 Å². The molecule has 2 rings (SSSR count). The lowest BCUT2D eigenvalue weighted by atomic mass is 10.1. The first-order valence-corrected chi connectivity index (χ1v) is 5.98. The van der Waals surface area contributed by atoms with Gasteiger partial charge in [-0.15, -0.1) is 0 Å². The van der Waals surface area contributed by atoms with E-state index in [2.05, 4.69) is 5.32 Å². The van der Waals surface area contributed by atoms with E-state index in [-0.39, 0.29) is 12.3 Å². The maximum Gasteiger partial charge on any atom is 0.255 e. The summed E-state index contributed by atoms with van der Waals surface area (Å²) in [4.78, 5) is 24.3. The molecule has 0 saturated carbocycles. The molecule has 0 aromatic heterocycles. The van der Waals surface area contributed by atoms with Crippen molar-refractivity contribution in [1.29, 1.82) is 0 Å². The monoisotopic (exact) mass is 263 g/mol. The SMILES string of the molecule is NC(=O)CC[C@@H]1NC(=S)N(c2ccccc2)C1=O. The molecule has 3 N–H and O–H groups in total. The van der Waals surface area contributed by atoms with Crippen LogP contribution in [0.15, 0.2) is 30.3 Å². The van der Waals surface area contributed by atoms with Gasteiger partial charge in [0.2, 0.25) is 5.91 Å². The normalized spacial score (nSPS) is 18.9. The molecule has 0 radical (unpaired) electrons. The number of benzene rings is 1. The molecular weight excluding hydrogens is 250 g/mol. The number of nitrogens with zero attached hydrogens (tertiary/aromatic N) is 1. The van der Waals surface area contributed by atoms with Crippen molar-refractivity contribution in [2.24, 2.45) is 5.73 Å². The number of anilines is 1. The summed E-state index contributed by atoms with van der Waals surface area (Å²) in [5.74, 6) is -0.568. The van der Waals surface area contributed by atoms with E-state index >= 15 is 0 Å². The lowest BCUT2D eigenvalue weighted by Crippen LogP contribution is -2.31. The maximum atomic E-state index is 12.2. The van der Waals surface area contributed by atoms with Crippen molar-refractivity contribution in [3.63, 3.8) is 0 Å². The van der Waals surface area contributed by atoms with Gasteiger partial charge in [-0.3, -0.25) is 14.5 Å². The fourth-order valence-corrected chi connectivity index (χ4v) is 2.17. The summed E-state index contributed by atoms with van der Waals surface area (Å²) < 4.78 is 0. The van der Waals surface area contributed by atoms with Gasteiger partial charge in [-0.25, -0.2) is 0 Å². The van der Waals surface area contributed by atoms with Crippen molar-refractivity contribution in [3.05, 3.63) is 30.3 Å². The van der Waals surface area contributed by atoms with E-state index in [9.17, 15) is 9.59 Å². The molecule has 0 aliphatic carbocycles. The third-order valence-electron chi connectivity index (χ3n) is 2.71. The fourth-order valence-electron chi connectivity index (χ4n) is 1.84. The summed E-state index contributed by atoms with van der Waals surface area (Å²) in [7, 11) is 0. The van der Waals surface area contributed by atoms with Gasteiger partial charge < -0.3 is 11.1 Å². The summed E-state index contributed by atoms with van der Waals surface area (Å²) in [6.07, 6.45) is 0.520. The third kappa shape index (κ3) is 2.48. The van der Waals surface area contributed by atoms with Crippen LogP contribution in [0.4, 0.5) is 5.69 Å². The number of rotatable bonds is 4. The molecule has 0 spiro atoms. The van der Waals surface area contributed by atoms with Crippen LogP contribution in [0.25, 0.3) is 0 Å². The standard InChI is InChI=1S/C12H13N3O2S/c13-10(16)7-6-9-11(17)15(12(18)14-9)8-4-2-1-3-5-8/h1-5,9H,6-7H2,(H2,13,16)(H,14,18)/t9-/m0/s1. The minimum absolute atomic E-state index is 0.146. The van der Waals surface area contributed by atoms with Crippen molar-refractivity contribution >= 4 is 34.8 Å². The predicted molar refractivity (Wildman–Crippen MR) is 71.9 cm³/mol. The Morgan fingerprint density at radius 3 is 2.67 bits per heavy atom. The summed E-state index contributed by atoms with van der Waals surface area (Å²) in [6.45, 7) is 0. The second-order valence-electron chi connectivity index (χ2n) is 4.02. The average molecular weight is 263 g/mol. The molecule has 1 atom stereocenters. The van der Waals surface area contributed by atoms with E-state index in [0.29, 0.717) is 11.5 Å². The molecule has 1 aliphatic heterocycles. The van der Waals surface area contributed by atoms with Gasteiger partial charge in [-0.2, -0.15) is 0 Å². The van der Waals surface area contributed by atoms with Gasteiger partial charge in [-0.05, 0) is 30.8 Å². The quantitative estimate of drug-likeness (QED) is 0.778. The highest BCUT2D eigenvalue weighted by molar-refractivity contribution is 7.80. The molecule has 0 bridgehead atoms. The first kappa shape index (κ1) is 12.5. The molecule has 94 valence electrons. The molecular formula is C12H13N3O2S. The molecule has 2 amide bonds. The Hall–Kier alpha value is -1.95. The van der Waals surface area contributed by atoms with Gasteiger partial charge in [0.05, 0.1) is 5.69 Å². The lowest BCUT2D eigenvalue weighted by molar-refractivity contribution is -0.119. The van der Waals surface area contributed by atoms with E-state index in [0.717, 1.165) is 5.69 Å². The number of thiocarbonyl (C=S) groups is 1. The van der Waals surface area contributed by atoms with E-state index in [1.54, 1.807) is 0 Å². The first-order valence-electron chi connectivity index (χ1n) is 5.57. The zero-order chi connectivity index (χ0) is 13.1. The molecule has 1 heterocycles. The maximum absolute atomic E-state index is 12.2. The highest BCUT2D eigenvalue weighted by Crippen LogP contribution is 2.20. The number of nitrogens with one attached hydrogen (secondary N) is 1. The second kappa shape index (κ2) is 5.14. The van der Waals surface area contributed by atoms with Crippen molar-refractivity contribution in [3.8, 4) is 0 Å². The number of carbonyl (C=O) groups excluding carboxylic acids is 2. The Kier molecular flexibility index (Phi) is 3.57. The van der Waals surface area contributed by atoms with E-state index in [1.807, 2.05) is 30.3 Å². The second-order valence-corrected chi connectivity index (χ2v) is 4.40. The topological polar surface area (TPSA) is 75.4 Å². The highest BCUT2D eigenvalue weighted by Gasteiger charge is 2.36.